The lowest BCUT2D eigenvalue weighted by atomic mass is 10.1. The van der Waals surface area contributed by atoms with Crippen molar-refractivity contribution >= 4 is 31.6 Å². The topological polar surface area (TPSA) is 60.4 Å². The summed E-state index contributed by atoms with van der Waals surface area (Å²) in [5.74, 6) is -0.142. The molecule has 0 atom stereocenters. The Morgan fingerprint density at radius 2 is 2.00 bits per heavy atom. The molecule has 0 aliphatic carbocycles. The Morgan fingerprint density at radius 1 is 1.30 bits per heavy atom. The molecule has 1 aromatic carbocycles. The zero-order valence-electron chi connectivity index (χ0n) is 11.7. The highest BCUT2D eigenvalue weighted by Gasteiger charge is 2.18. The number of ether oxygens (including phenoxy) is 1. The third kappa shape index (κ3) is 5.25. The van der Waals surface area contributed by atoms with E-state index in [1.165, 1.54) is 7.11 Å². The van der Waals surface area contributed by atoms with Crippen LogP contribution in [0.2, 0.25) is 0 Å². The SMILES string of the molecule is CCCCCS(=O)(=O)CC(=O)c1ccc(OC)c(Br)c1. The summed E-state index contributed by atoms with van der Waals surface area (Å²) in [5.41, 5.74) is 0.372. The number of ketones is 1. The van der Waals surface area contributed by atoms with Crippen LogP contribution in [0.15, 0.2) is 22.7 Å². The van der Waals surface area contributed by atoms with Crippen molar-refractivity contribution < 1.29 is 17.9 Å². The lowest BCUT2D eigenvalue weighted by Crippen LogP contribution is -2.19. The van der Waals surface area contributed by atoms with Crippen molar-refractivity contribution in [2.75, 3.05) is 18.6 Å². The van der Waals surface area contributed by atoms with Crippen LogP contribution in [0.5, 0.6) is 5.75 Å². The molecule has 0 N–H and O–H groups in total. The molecule has 0 amide bonds. The number of carbonyl (C=O) groups excluding carboxylic acids is 1. The predicted octanol–water partition coefficient (Wildman–Crippen LogP) is 3.25. The van der Waals surface area contributed by atoms with Crippen LogP contribution < -0.4 is 4.74 Å². The van der Waals surface area contributed by atoms with Crippen LogP contribution in [-0.2, 0) is 9.84 Å². The van der Waals surface area contributed by atoms with Gasteiger partial charge in [-0.1, -0.05) is 19.8 Å². The Morgan fingerprint density at radius 3 is 2.55 bits per heavy atom. The van der Waals surface area contributed by atoms with Crippen molar-refractivity contribution in [3.63, 3.8) is 0 Å². The molecule has 0 saturated carbocycles. The van der Waals surface area contributed by atoms with E-state index >= 15 is 0 Å². The summed E-state index contributed by atoms with van der Waals surface area (Å²) >= 11 is 3.28. The first-order chi connectivity index (χ1) is 9.39. The average Bonchev–Trinajstić information content (AvgIpc) is 2.38. The second-order valence-electron chi connectivity index (χ2n) is 4.57. The Bertz CT molecular complexity index is 567. The molecule has 0 spiro atoms. The third-order valence-corrected chi connectivity index (χ3v) is 5.12. The molecule has 0 unspecified atom stereocenters. The van der Waals surface area contributed by atoms with Crippen LogP contribution in [0.4, 0.5) is 0 Å². The number of hydrogen-bond acceptors (Lipinski definition) is 4. The summed E-state index contributed by atoms with van der Waals surface area (Å²) in [7, 11) is -1.80. The van der Waals surface area contributed by atoms with Gasteiger partial charge in [-0.15, -0.1) is 0 Å². The number of benzene rings is 1. The number of sulfone groups is 1. The van der Waals surface area contributed by atoms with Gasteiger partial charge in [0.25, 0.3) is 0 Å². The quantitative estimate of drug-likeness (QED) is 0.526. The summed E-state index contributed by atoms with van der Waals surface area (Å²) in [6.45, 7) is 2.01. The number of rotatable bonds is 8. The maximum absolute atomic E-state index is 12.0. The molecule has 0 bridgehead atoms. The van der Waals surface area contributed by atoms with E-state index in [0.29, 0.717) is 22.2 Å². The van der Waals surface area contributed by atoms with Gasteiger partial charge in [0.1, 0.15) is 11.5 Å². The number of hydrogen-bond donors (Lipinski definition) is 0. The van der Waals surface area contributed by atoms with E-state index in [4.69, 9.17) is 4.74 Å². The molecule has 112 valence electrons. The largest absolute Gasteiger partial charge is 0.496 e. The Kier molecular flexibility index (Phi) is 6.68. The zero-order chi connectivity index (χ0) is 15.2. The number of halogens is 1. The van der Waals surface area contributed by atoms with Gasteiger partial charge in [0.15, 0.2) is 15.6 Å². The average molecular weight is 363 g/mol. The molecular formula is C14H19BrO4S. The molecule has 0 heterocycles. The lowest BCUT2D eigenvalue weighted by molar-refractivity contribution is 0.102. The highest BCUT2D eigenvalue weighted by atomic mass is 79.9. The predicted molar refractivity (Wildman–Crippen MR) is 83.2 cm³/mol. The third-order valence-electron chi connectivity index (χ3n) is 2.88. The minimum Gasteiger partial charge on any atom is -0.496 e. The van der Waals surface area contributed by atoms with Gasteiger partial charge in [-0.2, -0.15) is 0 Å². The second-order valence-corrected chi connectivity index (χ2v) is 7.61. The summed E-state index contributed by atoms with van der Waals surface area (Å²) in [6.07, 6.45) is 2.43. The van der Waals surface area contributed by atoms with Gasteiger partial charge in [-0.05, 0) is 40.5 Å². The van der Waals surface area contributed by atoms with E-state index in [9.17, 15) is 13.2 Å². The summed E-state index contributed by atoms with van der Waals surface area (Å²) in [4.78, 5) is 12.0. The van der Waals surface area contributed by atoms with Crippen LogP contribution in [-0.4, -0.2) is 32.8 Å². The maximum Gasteiger partial charge on any atom is 0.177 e. The molecular weight excluding hydrogens is 344 g/mol. The summed E-state index contributed by atoms with van der Waals surface area (Å²) in [6, 6.07) is 4.80. The van der Waals surface area contributed by atoms with Gasteiger partial charge in [0.05, 0.1) is 17.3 Å². The molecule has 0 aliphatic rings. The summed E-state index contributed by atoms with van der Waals surface area (Å²) in [5, 5.41) is 0. The van der Waals surface area contributed by atoms with Crippen LogP contribution in [0.25, 0.3) is 0 Å². The van der Waals surface area contributed by atoms with E-state index in [-0.39, 0.29) is 11.5 Å². The van der Waals surface area contributed by atoms with E-state index in [1.54, 1.807) is 18.2 Å². The molecule has 0 radical (unpaired) electrons. The standard InChI is InChI=1S/C14H19BrO4S/c1-3-4-5-8-20(17,18)10-13(16)11-6-7-14(19-2)12(15)9-11/h6-7,9H,3-5,8,10H2,1-2H3. The molecule has 0 fully saturated rings. The van der Waals surface area contributed by atoms with Crippen LogP contribution >= 0.6 is 15.9 Å². The van der Waals surface area contributed by atoms with Crippen molar-refractivity contribution in [1.82, 2.24) is 0 Å². The molecule has 1 aromatic rings. The fourth-order valence-electron chi connectivity index (χ4n) is 1.77. The van der Waals surface area contributed by atoms with Crippen molar-refractivity contribution in [3.05, 3.63) is 28.2 Å². The normalized spacial score (nSPS) is 11.3. The molecule has 4 nitrogen and oxygen atoms in total. The maximum atomic E-state index is 12.0. The molecule has 6 heteroatoms. The molecule has 20 heavy (non-hydrogen) atoms. The fourth-order valence-corrected chi connectivity index (χ4v) is 3.66. The van der Waals surface area contributed by atoms with Crippen LogP contribution in [0, 0.1) is 0 Å². The van der Waals surface area contributed by atoms with Crippen molar-refractivity contribution in [2.45, 2.75) is 26.2 Å². The number of methoxy groups -OCH3 is 1. The first-order valence-corrected chi connectivity index (χ1v) is 9.08. The molecule has 0 aromatic heterocycles. The van der Waals surface area contributed by atoms with Gasteiger partial charge >= 0.3 is 0 Å². The minimum atomic E-state index is -3.33. The Balaban J connectivity index is 2.73. The fraction of sp³-hybridized carbons (Fsp3) is 0.500. The number of Topliss-reactive ketones (excluding diaryl/α,β-unsaturated/α-hetero) is 1. The van der Waals surface area contributed by atoms with Gasteiger partial charge in [-0.25, -0.2) is 8.42 Å². The Labute approximate surface area is 128 Å². The van der Waals surface area contributed by atoms with E-state index in [2.05, 4.69) is 15.9 Å². The minimum absolute atomic E-state index is 0.0733. The van der Waals surface area contributed by atoms with Gasteiger partial charge in [0.2, 0.25) is 0 Å². The van der Waals surface area contributed by atoms with Crippen molar-refractivity contribution in [1.29, 1.82) is 0 Å². The molecule has 1 rings (SSSR count). The van der Waals surface area contributed by atoms with Crippen LogP contribution in [0.3, 0.4) is 0 Å². The van der Waals surface area contributed by atoms with Gasteiger partial charge < -0.3 is 4.74 Å². The highest BCUT2D eigenvalue weighted by molar-refractivity contribution is 9.10. The number of carbonyl (C=O) groups is 1. The van der Waals surface area contributed by atoms with E-state index < -0.39 is 15.6 Å². The van der Waals surface area contributed by atoms with Crippen molar-refractivity contribution in [2.24, 2.45) is 0 Å². The van der Waals surface area contributed by atoms with Crippen molar-refractivity contribution in [3.8, 4) is 5.75 Å². The summed E-state index contributed by atoms with van der Waals surface area (Å²) < 4.78 is 29.4. The van der Waals surface area contributed by atoms with Gasteiger partial charge in [-0.3, -0.25) is 4.79 Å². The highest BCUT2D eigenvalue weighted by Crippen LogP contribution is 2.25. The monoisotopic (exact) mass is 362 g/mol. The zero-order valence-corrected chi connectivity index (χ0v) is 14.1. The van der Waals surface area contributed by atoms with Crippen LogP contribution in [0.1, 0.15) is 36.5 Å². The molecule has 0 saturated heterocycles. The lowest BCUT2D eigenvalue weighted by Gasteiger charge is -2.06. The molecule has 0 aliphatic heterocycles. The van der Waals surface area contributed by atoms with E-state index in [1.807, 2.05) is 6.92 Å². The first kappa shape index (κ1) is 17.2. The second kappa shape index (κ2) is 7.78. The first-order valence-electron chi connectivity index (χ1n) is 6.46. The smallest absolute Gasteiger partial charge is 0.177 e. The Hall–Kier alpha value is -0.880. The van der Waals surface area contributed by atoms with Gasteiger partial charge in [0, 0.05) is 5.56 Å². The van der Waals surface area contributed by atoms with E-state index in [0.717, 1.165) is 12.8 Å². The number of unbranched alkanes of at least 4 members (excludes halogenated alkanes) is 2.